The predicted octanol–water partition coefficient (Wildman–Crippen LogP) is 11.9. The molecule has 2 nitrogen and oxygen atoms in total. The molecule has 0 heterocycles. The summed E-state index contributed by atoms with van der Waals surface area (Å²) >= 11 is 0. The van der Waals surface area contributed by atoms with Gasteiger partial charge in [-0.2, -0.15) is 0 Å². The molecule has 0 aromatic carbocycles. The second kappa shape index (κ2) is 33.1. The summed E-state index contributed by atoms with van der Waals surface area (Å²) < 4.78 is 0. The van der Waals surface area contributed by atoms with E-state index in [-0.39, 0.29) is 0 Å². The Labute approximate surface area is 243 Å². The Kier molecular flexibility index (Phi) is 33.1. The predicted molar refractivity (Wildman–Crippen MR) is 176 cm³/mol. The Morgan fingerprint density at radius 2 is 0.711 bits per heavy atom. The molecule has 0 bridgehead atoms. The lowest BCUT2D eigenvalue weighted by Crippen LogP contribution is -2.38. The van der Waals surface area contributed by atoms with Gasteiger partial charge in [0.1, 0.15) is 0 Å². The van der Waals surface area contributed by atoms with Gasteiger partial charge in [-0.15, -0.1) is 0 Å². The first-order valence-electron chi connectivity index (χ1n) is 18.1. The quantitative estimate of drug-likeness (QED) is 0.0839. The zero-order valence-electron chi connectivity index (χ0n) is 27.4. The van der Waals surface area contributed by atoms with Crippen LogP contribution >= 0.6 is 0 Å². The van der Waals surface area contributed by atoms with Crippen LogP contribution in [-0.4, -0.2) is 37.6 Å². The highest BCUT2D eigenvalue weighted by atomic mass is 15.1. The molecule has 0 spiro atoms. The Balaban J connectivity index is 3.26. The third-order valence-electron chi connectivity index (χ3n) is 8.76. The number of unbranched alkanes of at least 4 members (excludes halogenated alkanes) is 26. The average molecular weight is 537 g/mol. The molecule has 0 fully saturated rings. The second-order valence-electron chi connectivity index (χ2n) is 12.7. The van der Waals surface area contributed by atoms with E-state index in [0.29, 0.717) is 6.04 Å². The molecule has 0 aliphatic carbocycles. The monoisotopic (exact) mass is 537 g/mol. The van der Waals surface area contributed by atoms with E-state index in [9.17, 15) is 0 Å². The fraction of sp³-hybridized carbons (Fsp3) is 1.00. The molecule has 0 radical (unpaired) electrons. The lowest BCUT2D eigenvalue weighted by Gasteiger charge is -2.25. The third kappa shape index (κ3) is 30.5. The van der Waals surface area contributed by atoms with Crippen molar-refractivity contribution in [3.8, 4) is 0 Å². The maximum Gasteiger partial charge on any atom is 0.0189 e. The Morgan fingerprint density at radius 1 is 0.421 bits per heavy atom. The number of hydrogen-bond acceptors (Lipinski definition) is 2. The number of nitrogens with zero attached hydrogens (tertiary/aromatic N) is 1. The molecule has 0 rings (SSSR count). The summed E-state index contributed by atoms with van der Waals surface area (Å²) in [4.78, 5) is 2.57. The molecular weight excluding hydrogens is 460 g/mol. The van der Waals surface area contributed by atoms with Crippen LogP contribution in [0.2, 0.25) is 0 Å². The molecule has 1 N–H and O–H groups in total. The van der Waals surface area contributed by atoms with Crippen LogP contribution in [0.4, 0.5) is 0 Å². The highest BCUT2D eigenvalue weighted by Crippen LogP contribution is 2.14. The van der Waals surface area contributed by atoms with Gasteiger partial charge in [0, 0.05) is 12.6 Å². The van der Waals surface area contributed by atoms with Crippen LogP contribution in [0.25, 0.3) is 0 Å². The van der Waals surface area contributed by atoms with Crippen LogP contribution in [0.1, 0.15) is 201 Å². The largest absolute Gasteiger partial charge is 0.315 e. The van der Waals surface area contributed by atoms with Crippen molar-refractivity contribution in [3.63, 3.8) is 0 Å². The SMILES string of the molecule is CCCCCCCCCCCCCCCCNCC(C)N(C)CCCCCCCCCCCCCCCC. The number of nitrogens with one attached hydrogen (secondary N) is 1. The third-order valence-corrected chi connectivity index (χ3v) is 8.76. The van der Waals surface area contributed by atoms with Crippen molar-refractivity contribution in [2.45, 2.75) is 207 Å². The number of rotatable bonds is 33. The minimum Gasteiger partial charge on any atom is -0.315 e. The summed E-state index contributed by atoms with van der Waals surface area (Å²) in [6, 6.07) is 0.656. The van der Waals surface area contributed by atoms with Crippen LogP contribution < -0.4 is 5.32 Å². The number of likely N-dealkylation sites (N-methyl/N-ethyl adjacent to an activating group) is 1. The molecule has 1 unspecified atom stereocenters. The zero-order chi connectivity index (χ0) is 27.8. The standard InChI is InChI=1S/C36H76N2/c1-5-7-9-11-13-15-17-19-21-23-25-27-29-31-33-37-35-36(3)38(4)34-32-30-28-26-24-22-20-18-16-14-12-10-8-6-2/h36-37H,5-35H2,1-4H3. The van der Waals surface area contributed by atoms with Gasteiger partial charge in [-0.05, 0) is 39.9 Å². The molecule has 0 saturated carbocycles. The van der Waals surface area contributed by atoms with Crippen LogP contribution in [0.5, 0.6) is 0 Å². The normalized spacial score (nSPS) is 12.6. The fourth-order valence-electron chi connectivity index (χ4n) is 5.69. The lowest BCUT2D eigenvalue weighted by atomic mass is 10.0. The van der Waals surface area contributed by atoms with E-state index in [4.69, 9.17) is 0 Å². The van der Waals surface area contributed by atoms with Gasteiger partial charge in [-0.25, -0.2) is 0 Å². The molecule has 0 aliphatic heterocycles. The van der Waals surface area contributed by atoms with E-state index in [1.165, 1.54) is 193 Å². The first-order valence-corrected chi connectivity index (χ1v) is 18.1. The van der Waals surface area contributed by atoms with Gasteiger partial charge in [0.2, 0.25) is 0 Å². The van der Waals surface area contributed by atoms with E-state index in [0.717, 1.165) is 6.54 Å². The smallest absolute Gasteiger partial charge is 0.0189 e. The van der Waals surface area contributed by atoms with Crippen LogP contribution in [0.15, 0.2) is 0 Å². The van der Waals surface area contributed by atoms with E-state index < -0.39 is 0 Å². The van der Waals surface area contributed by atoms with Crippen molar-refractivity contribution in [2.75, 3.05) is 26.7 Å². The molecule has 0 aliphatic rings. The second-order valence-corrected chi connectivity index (χ2v) is 12.7. The summed E-state index contributed by atoms with van der Waals surface area (Å²) in [5.41, 5.74) is 0. The van der Waals surface area contributed by atoms with E-state index in [1.54, 1.807) is 0 Å². The van der Waals surface area contributed by atoms with Gasteiger partial charge >= 0.3 is 0 Å². The van der Waals surface area contributed by atoms with Crippen molar-refractivity contribution in [1.29, 1.82) is 0 Å². The molecule has 0 aromatic heterocycles. The van der Waals surface area contributed by atoms with Crippen LogP contribution in [0, 0.1) is 0 Å². The molecule has 38 heavy (non-hydrogen) atoms. The van der Waals surface area contributed by atoms with Gasteiger partial charge in [0.25, 0.3) is 0 Å². The van der Waals surface area contributed by atoms with E-state index >= 15 is 0 Å². The van der Waals surface area contributed by atoms with Gasteiger partial charge < -0.3 is 10.2 Å². The molecular formula is C36H76N2. The Hall–Kier alpha value is -0.0800. The summed E-state index contributed by atoms with van der Waals surface area (Å²) in [7, 11) is 2.32. The van der Waals surface area contributed by atoms with Crippen LogP contribution in [0.3, 0.4) is 0 Å². The summed E-state index contributed by atoms with van der Waals surface area (Å²) in [6.07, 6.45) is 40.5. The molecule has 1 atom stereocenters. The maximum atomic E-state index is 3.72. The van der Waals surface area contributed by atoms with Crippen LogP contribution in [-0.2, 0) is 0 Å². The van der Waals surface area contributed by atoms with Gasteiger partial charge in [-0.1, -0.05) is 181 Å². The summed E-state index contributed by atoms with van der Waals surface area (Å²) in [5.74, 6) is 0. The first-order chi connectivity index (χ1) is 18.7. The van der Waals surface area contributed by atoms with Crippen molar-refractivity contribution in [3.05, 3.63) is 0 Å². The minimum absolute atomic E-state index is 0.656. The lowest BCUT2D eigenvalue weighted by molar-refractivity contribution is 0.245. The minimum atomic E-state index is 0.656. The zero-order valence-corrected chi connectivity index (χ0v) is 27.4. The van der Waals surface area contributed by atoms with Crippen molar-refractivity contribution in [2.24, 2.45) is 0 Å². The van der Waals surface area contributed by atoms with E-state index in [1.807, 2.05) is 0 Å². The Bertz CT molecular complexity index is 410. The van der Waals surface area contributed by atoms with Crippen molar-refractivity contribution in [1.82, 2.24) is 10.2 Å². The maximum absolute atomic E-state index is 3.72. The molecule has 2 heteroatoms. The van der Waals surface area contributed by atoms with Crippen molar-refractivity contribution >= 4 is 0 Å². The number of hydrogen-bond donors (Lipinski definition) is 1. The molecule has 0 aromatic rings. The van der Waals surface area contributed by atoms with E-state index in [2.05, 4.69) is 38.0 Å². The molecule has 0 amide bonds. The molecule has 230 valence electrons. The summed E-state index contributed by atoms with van der Waals surface area (Å²) in [5, 5.41) is 3.72. The topological polar surface area (TPSA) is 15.3 Å². The Morgan fingerprint density at radius 3 is 1.05 bits per heavy atom. The summed E-state index contributed by atoms with van der Waals surface area (Å²) in [6.45, 7) is 10.6. The van der Waals surface area contributed by atoms with Gasteiger partial charge in [0.15, 0.2) is 0 Å². The van der Waals surface area contributed by atoms with Gasteiger partial charge in [0.05, 0.1) is 0 Å². The average Bonchev–Trinajstić information content (AvgIpc) is 2.92. The first kappa shape index (κ1) is 37.9. The van der Waals surface area contributed by atoms with Gasteiger partial charge in [-0.3, -0.25) is 0 Å². The highest BCUT2D eigenvalue weighted by molar-refractivity contribution is 4.66. The highest BCUT2D eigenvalue weighted by Gasteiger charge is 2.08. The molecule has 0 saturated heterocycles. The van der Waals surface area contributed by atoms with Crippen molar-refractivity contribution < 1.29 is 0 Å². The fourth-order valence-corrected chi connectivity index (χ4v) is 5.69.